The van der Waals surface area contributed by atoms with Crippen LogP contribution in [0.25, 0.3) is 0 Å². The minimum Gasteiger partial charge on any atom is -0.466 e. The SMILES string of the molecule is C=CCN(C(=O)C1N(CCCCO)C(=O)[C@@H]2[C@@H](C(=O)OCC)[C@@]3(CC)CCC12O3)C(C)(C)CC(C)(C)C. The molecule has 3 fully saturated rings. The van der Waals surface area contributed by atoms with Crippen LogP contribution in [0, 0.1) is 17.3 Å². The topological polar surface area (TPSA) is 96.4 Å². The van der Waals surface area contributed by atoms with Crippen LogP contribution in [-0.4, -0.2) is 81.8 Å². The Morgan fingerprint density at radius 1 is 1.22 bits per heavy atom. The molecule has 0 saturated carbocycles. The Hall–Kier alpha value is -1.93. The second-order valence-corrected chi connectivity index (χ2v) is 12.8. The van der Waals surface area contributed by atoms with E-state index < -0.39 is 40.6 Å². The van der Waals surface area contributed by atoms with Gasteiger partial charge < -0.3 is 24.4 Å². The number of esters is 1. The fourth-order valence-corrected chi connectivity index (χ4v) is 7.53. The number of unbranched alkanes of at least 4 members (excludes halogenated alkanes) is 1. The highest BCUT2D eigenvalue weighted by molar-refractivity contribution is 5.98. The molecule has 3 saturated heterocycles. The molecule has 3 heterocycles. The third kappa shape index (κ3) is 5.08. The van der Waals surface area contributed by atoms with E-state index in [0.717, 1.165) is 6.42 Å². The molecule has 0 aromatic rings. The molecular formula is C29H48N2O6. The quantitative estimate of drug-likeness (QED) is 0.239. The van der Waals surface area contributed by atoms with Gasteiger partial charge in [-0.25, -0.2) is 0 Å². The number of fused-ring (bicyclic) bond motifs is 1. The summed E-state index contributed by atoms with van der Waals surface area (Å²) < 4.78 is 12.2. The largest absolute Gasteiger partial charge is 0.466 e. The molecule has 3 rings (SSSR count). The van der Waals surface area contributed by atoms with Crippen molar-refractivity contribution in [3.8, 4) is 0 Å². The number of ether oxygens (including phenoxy) is 2. The molecule has 2 unspecified atom stereocenters. The van der Waals surface area contributed by atoms with E-state index in [-0.39, 0.29) is 30.4 Å². The molecule has 0 aromatic heterocycles. The molecule has 2 bridgehead atoms. The van der Waals surface area contributed by atoms with Crippen LogP contribution in [0.15, 0.2) is 12.7 Å². The highest BCUT2D eigenvalue weighted by Crippen LogP contribution is 2.64. The van der Waals surface area contributed by atoms with Crippen molar-refractivity contribution in [2.45, 2.75) is 110 Å². The maximum atomic E-state index is 14.6. The smallest absolute Gasteiger partial charge is 0.312 e. The molecule has 0 aromatic carbocycles. The predicted octanol–water partition coefficient (Wildman–Crippen LogP) is 3.71. The number of aliphatic hydroxyl groups excluding tert-OH is 1. The highest BCUT2D eigenvalue weighted by atomic mass is 16.6. The summed E-state index contributed by atoms with van der Waals surface area (Å²) in [6, 6.07) is -0.837. The monoisotopic (exact) mass is 520 g/mol. The van der Waals surface area contributed by atoms with Crippen LogP contribution in [0.1, 0.15) is 87.0 Å². The van der Waals surface area contributed by atoms with Crippen molar-refractivity contribution >= 4 is 17.8 Å². The molecule has 37 heavy (non-hydrogen) atoms. The zero-order valence-electron chi connectivity index (χ0n) is 24.0. The van der Waals surface area contributed by atoms with Crippen molar-refractivity contribution in [1.29, 1.82) is 0 Å². The van der Waals surface area contributed by atoms with Gasteiger partial charge in [0.25, 0.3) is 0 Å². The van der Waals surface area contributed by atoms with Crippen molar-refractivity contribution < 1.29 is 29.0 Å². The van der Waals surface area contributed by atoms with Crippen LogP contribution < -0.4 is 0 Å². The standard InChI is InChI=1S/C29H48N2O6/c1-9-16-31(27(7,8)19-26(4,5)6)24(34)22-29-15-14-28(10-2,37-29)21(25(35)36-11-3)20(29)23(33)30(22)17-12-13-18-32/h9,20-22,32H,1,10-19H2,2-8H3/t20-,21-,22?,28+,29?/m0/s1. The Balaban J connectivity index is 2.11. The van der Waals surface area contributed by atoms with Gasteiger partial charge in [0.15, 0.2) is 0 Å². The normalized spacial score (nSPS) is 31.0. The summed E-state index contributed by atoms with van der Waals surface area (Å²) in [7, 11) is 0. The summed E-state index contributed by atoms with van der Waals surface area (Å²) in [4.78, 5) is 45.5. The Kier molecular flexibility index (Phi) is 8.55. The molecule has 1 spiro atoms. The first kappa shape index (κ1) is 29.6. The van der Waals surface area contributed by atoms with E-state index in [2.05, 4.69) is 41.2 Å². The summed E-state index contributed by atoms with van der Waals surface area (Å²) >= 11 is 0. The number of aliphatic hydroxyl groups is 1. The average molecular weight is 521 g/mol. The Bertz CT molecular complexity index is 895. The number of hydrogen-bond acceptors (Lipinski definition) is 6. The van der Waals surface area contributed by atoms with E-state index in [1.807, 2.05) is 11.8 Å². The summed E-state index contributed by atoms with van der Waals surface area (Å²) in [6.07, 6.45) is 5.29. The van der Waals surface area contributed by atoms with Crippen LogP contribution in [-0.2, 0) is 23.9 Å². The first-order chi connectivity index (χ1) is 17.2. The van der Waals surface area contributed by atoms with E-state index in [9.17, 15) is 19.5 Å². The molecule has 210 valence electrons. The third-order valence-electron chi connectivity index (χ3n) is 8.53. The van der Waals surface area contributed by atoms with Crippen molar-refractivity contribution in [2.24, 2.45) is 17.3 Å². The summed E-state index contributed by atoms with van der Waals surface area (Å²) in [6.45, 7) is 19.1. The lowest BCUT2D eigenvalue weighted by Crippen LogP contribution is -2.61. The summed E-state index contributed by atoms with van der Waals surface area (Å²) in [5, 5.41) is 9.38. The Morgan fingerprint density at radius 3 is 2.43 bits per heavy atom. The van der Waals surface area contributed by atoms with Crippen molar-refractivity contribution in [3.05, 3.63) is 12.7 Å². The molecule has 0 aliphatic carbocycles. The number of carbonyl (C=O) groups is 3. The first-order valence-electron chi connectivity index (χ1n) is 14.0. The second kappa shape index (κ2) is 10.7. The number of carbonyl (C=O) groups excluding carboxylic acids is 3. The summed E-state index contributed by atoms with van der Waals surface area (Å²) in [5.41, 5.74) is -2.40. The van der Waals surface area contributed by atoms with Gasteiger partial charge in [0.1, 0.15) is 17.6 Å². The maximum absolute atomic E-state index is 14.6. The van der Waals surface area contributed by atoms with Gasteiger partial charge >= 0.3 is 5.97 Å². The van der Waals surface area contributed by atoms with Crippen molar-refractivity contribution in [2.75, 3.05) is 26.3 Å². The van der Waals surface area contributed by atoms with Crippen molar-refractivity contribution in [3.63, 3.8) is 0 Å². The van der Waals surface area contributed by atoms with Gasteiger partial charge in [-0.1, -0.05) is 33.8 Å². The average Bonchev–Trinajstić information content (AvgIpc) is 3.39. The van der Waals surface area contributed by atoms with E-state index in [4.69, 9.17) is 9.47 Å². The lowest BCUT2D eigenvalue weighted by molar-refractivity contribution is -0.162. The number of rotatable bonds is 12. The van der Waals surface area contributed by atoms with E-state index in [1.54, 1.807) is 17.9 Å². The molecule has 8 nitrogen and oxygen atoms in total. The Labute approximate surface area is 222 Å². The molecule has 0 radical (unpaired) electrons. The fourth-order valence-electron chi connectivity index (χ4n) is 7.53. The molecule has 3 aliphatic rings. The minimum absolute atomic E-state index is 0.0112. The zero-order chi connectivity index (χ0) is 27.8. The van der Waals surface area contributed by atoms with Gasteiger partial charge in [0, 0.05) is 25.2 Å². The molecule has 8 heteroatoms. The van der Waals surface area contributed by atoms with Gasteiger partial charge in [-0.15, -0.1) is 6.58 Å². The lowest BCUT2D eigenvalue weighted by Gasteiger charge is -2.45. The molecule has 3 aliphatic heterocycles. The Morgan fingerprint density at radius 2 is 1.89 bits per heavy atom. The van der Waals surface area contributed by atoms with Crippen molar-refractivity contribution in [1.82, 2.24) is 9.80 Å². The third-order valence-corrected chi connectivity index (χ3v) is 8.53. The van der Waals surface area contributed by atoms with Crippen LogP contribution in [0.3, 0.4) is 0 Å². The number of likely N-dealkylation sites (tertiary alicyclic amines) is 1. The summed E-state index contributed by atoms with van der Waals surface area (Å²) in [5.74, 6) is -2.27. The zero-order valence-corrected chi connectivity index (χ0v) is 24.0. The van der Waals surface area contributed by atoms with Gasteiger partial charge in [-0.3, -0.25) is 14.4 Å². The number of amides is 2. The van der Waals surface area contributed by atoms with Crippen LogP contribution in [0.5, 0.6) is 0 Å². The molecule has 5 atom stereocenters. The van der Waals surface area contributed by atoms with Crippen LogP contribution >= 0.6 is 0 Å². The lowest BCUT2D eigenvalue weighted by atomic mass is 9.65. The fraction of sp³-hybridized carbons (Fsp3) is 0.828. The first-order valence-corrected chi connectivity index (χ1v) is 14.0. The molecule has 2 amide bonds. The second-order valence-electron chi connectivity index (χ2n) is 12.8. The van der Waals surface area contributed by atoms with Crippen LogP contribution in [0.2, 0.25) is 0 Å². The molecule has 1 N–H and O–H groups in total. The number of nitrogens with zero attached hydrogens (tertiary/aromatic N) is 2. The minimum atomic E-state index is -1.07. The van der Waals surface area contributed by atoms with Gasteiger partial charge in [0.05, 0.1) is 18.1 Å². The van der Waals surface area contributed by atoms with E-state index in [0.29, 0.717) is 45.2 Å². The maximum Gasteiger partial charge on any atom is 0.312 e. The highest BCUT2D eigenvalue weighted by Gasteiger charge is 2.79. The van der Waals surface area contributed by atoms with E-state index >= 15 is 0 Å². The van der Waals surface area contributed by atoms with Gasteiger partial charge in [0.2, 0.25) is 11.8 Å². The van der Waals surface area contributed by atoms with E-state index in [1.165, 1.54) is 0 Å². The molecular weight excluding hydrogens is 472 g/mol. The predicted molar refractivity (Wildman–Crippen MR) is 142 cm³/mol. The van der Waals surface area contributed by atoms with Gasteiger partial charge in [-0.05, 0) is 64.7 Å². The van der Waals surface area contributed by atoms with Gasteiger partial charge in [-0.2, -0.15) is 0 Å². The van der Waals surface area contributed by atoms with Crippen LogP contribution in [0.4, 0.5) is 0 Å². The number of hydrogen-bond donors (Lipinski definition) is 1.